The zero-order valence-electron chi connectivity index (χ0n) is 60.6. The molecule has 9 aromatic heterocycles. The number of amides is 1. The number of nitrogens with two attached hydrogens (primary N) is 3. The van der Waals surface area contributed by atoms with Gasteiger partial charge in [0.15, 0.2) is 34.5 Å². The summed E-state index contributed by atoms with van der Waals surface area (Å²) in [5.74, 6) is 2.84. The molecular weight excluding hydrogens is 1430 g/mol. The number of hydrogen-bond donors (Lipinski definition) is 8. The van der Waals surface area contributed by atoms with Gasteiger partial charge in [-0.05, 0) is 113 Å². The molecule has 0 spiro atoms. The SMILES string of the molecule is CN(CCO)c1ccc2cc(/C=C(\C#N)c3nc4ccccc4o3)oc2c1.CN(CCO)c1ccc2cc(C=O)oc2c1.NCc1ccc(COc2nc(N)nc3nc[nH]c23)cc1.[C-]#[N+]/C(=C\c1cc2cc(N(C)CCOC(=O)NCc3ccc(COc4nc(N)nc5nc[nH]c45)cc3)ccc2o1)c1nc2ccccc2o1. The van der Waals surface area contributed by atoms with E-state index in [0.717, 1.165) is 55.5 Å². The molecule has 0 saturated carbocycles. The average Bonchev–Trinajstić information content (AvgIpc) is 1.67. The van der Waals surface area contributed by atoms with Gasteiger partial charge in [-0.25, -0.2) is 29.6 Å². The number of furan rings is 3. The van der Waals surface area contributed by atoms with E-state index in [0.29, 0.717) is 142 Å². The van der Waals surface area contributed by atoms with E-state index >= 15 is 0 Å². The molecule has 0 saturated heterocycles. The van der Waals surface area contributed by atoms with Crippen LogP contribution < -0.4 is 46.7 Å². The van der Waals surface area contributed by atoms with Crippen LogP contribution in [-0.4, -0.2) is 133 Å². The number of imidazole rings is 2. The number of benzene rings is 7. The number of nitrogens with zero attached hydrogens (tertiary/aromatic N) is 13. The highest BCUT2D eigenvalue weighted by atomic mass is 16.5. The number of hydrogen-bond acceptors (Lipinski definition) is 27. The summed E-state index contributed by atoms with van der Waals surface area (Å²) in [4.78, 5) is 71.4. The Morgan fingerprint density at radius 2 is 1.05 bits per heavy atom. The minimum Gasteiger partial charge on any atom is -0.471 e. The van der Waals surface area contributed by atoms with Crippen LogP contribution in [0, 0.1) is 17.9 Å². The maximum Gasteiger partial charge on any atom is 0.407 e. The molecule has 0 aliphatic carbocycles. The lowest BCUT2D eigenvalue weighted by atomic mass is 10.1. The molecule has 0 unspecified atom stereocenters. The van der Waals surface area contributed by atoms with Crippen molar-refractivity contribution >= 4 is 142 Å². The van der Waals surface area contributed by atoms with Crippen LogP contribution in [0.4, 0.5) is 33.8 Å². The molecule has 0 aliphatic heterocycles. The largest absolute Gasteiger partial charge is 0.471 e. The second-order valence-electron chi connectivity index (χ2n) is 25.1. The number of aromatic nitrogens is 10. The smallest absolute Gasteiger partial charge is 0.407 e. The Labute approximate surface area is 637 Å². The highest BCUT2D eigenvalue weighted by Crippen LogP contribution is 2.33. The van der Waals surface area contributed by atoms with Crippen molar-refractivity contribution in [3.63, 3.8) is 0 Å². The third-order valence-corrected chi connectivity index (χ3v) is 17.4. The van der Waals surface area contributed by atoms with Crippen molar-refractivity contribution in [2.24, 2.45) is 5.73 Å². The van der Waals surface area contributed by atoms with Gasteiger partial charge in [0.25, 0.3) is 5.70 Å². The van der Waals surface area contributed by atoms with Crippen molar-refractivity contribution in [3.8, 4) is 17.8 Å². The molecule has 564 valence electrons. The summed E-state index contributed by atoms with van der Waals surface area (Å²) in [6, 6.07) is 55.1. The van der Waals surface area contributed by atoms with Gasteiger partial charge in [-0.15, -0.1) is 0 Å². The number of aldehydes is 1. The van der Waals surface area contributed by atoms with Crippen LogP contribution in [0.2, 0.25) is 0 Å². The molecule has 31 heteroatoms. The molecule has 9 heterocycles. The monoisotopic (exact) mass is 1500 g/mol. The van der Waals surface area contributed by atoms with E-state index in [1.165, 1.54) is 12.7 Å². The minimum absolute atomic E-state index is 0.0801. The van der Waals surface area contributed by atoms with E-state index in [2.05, 4.69) is 66.1 Å². The summed E-state index contributed by atoms with van der Waals surface area (Å²) < 4.78 is 45.5. The number of nitrogens with one attached hydrogen (secondary N) is 3. The molecule has 112 heavy (non-hydrogen) atoms. The normalized spacial score (nSPS) is 11.4. The van der Waals surface area contributed by atoms with Gasteiger partial charge in [0.2, 0.25) is 35.4 Å². The Morgan fingerprint density at radius 3 is 1.61 bits per heavy atom. The van der Waals surface area contributed by atoms with Crippen molar-refractivity contribution in [3.05, 3.63) is 245 Å². The predicted octanol–water partition coefficient (Wildman–Crippen LogP) is 12.9. The topological polar surface area (TPSA) is 431 Å². The average molecular weight is 1500 g/mol. The van der Waals surface area contributed by atoms with Gasteiger partial charge in [-0.3, -0.25) is 4.79 Å². The lowest BCUT2D eigenvalue weighted by molar-refractivity contribution is 0.110. The van der Waals surface area contributed by atoms with E-state index in [9.17, 15) is 14.9 Å². The molecule has 0 aliphatic rings. The Bertz CT molecular complexity index is 6060. The summed E-state index contributed by atoms with van der Waals surface area (Å²) in [6.07, 6.45) is 6.46. The number of H-pyrrole nitrogens is 2. The quantitative estimate of drug-likeness (QED) is 0.0158. The Morgan fingerprint density at radius 1 is 0.562 bits per heavy atom. The first-order valence-corrected chi connectivity index (χ1v) is 34.9. The van der Waals surface area contributed by atoms with E-state index < -0.39 is 6.09 Å². The second kappa shape index (κ2) is 35.2. The number of likely N-dealkylation sites (N-methyl/N-ethyl adjacent to an activating group) is 3. The van der Waals surface area contributed by atoms with Crippen LogP contribution in [-0.2, 0) is 31.0 Å². The Balaban J connectivity index is 0.000000145. The molecule has 0 radical (unpaired) electrons. The number of carbonyl (C=O) groups excluding carboxylic acids is 2. The van der Waals surface area contributed by atoms with Crippen LogP contribution in [0.5, 0.6) is 11.8 Å². The zero-order valence-corrected chi connectivity index (χ0v) is 60.6. The third kappa shape index (κ3) is 18.5. The Hall–Kier alpha value is -14.9. The van der Waals surface area contributed by atoms with Crippen molar-refractivity contribution < 1.29 is 56.1 Å². The molecule has 0 atom stereocenters. The molecule has 0 bridgehead atoms. The van der Waals surface area contributed by atoms with E-state index in [1.54, 1.807) is 18.2 Å². The second-order valence-corrected chi connectivity index (χ2v) is 25.1. The molecule has 16 aromatic rings. The molecule has 11 N–H and O–H groups in total. The number of para-hydroxylation sites is 4. The number of nitrogen functional groups attached to an aromatic ring is 2. The van der Waals surface area contributed by atoms with Crippen LogP contribution in [0.1, 0.15) is 56.1 Å². The van der Waals surface area contributed by atoms with E-state index in [-0.39, 0.29) is 55.8 Å². The van der Waals surface area contributed by atoms with Gasteiger partial charge in [-0.1, -0.05) is 72.8 Å². The number of oxazole rings is 2. The highest BCUT2D eigenvalue weighted by Gasteiger charge is 2.18. The number of ether oxygens (including phenoxy) is 3. The summed E-state index contributed by atoms with van der Waals surface area (Å²) in [5.41, 5.74) is 31.0. The Kier molecular flexibility index (Phi) is 23.7. The summed E-state index contributed by atoms with van der Waals surface area (Å²) >= 11 is 0. The minimum atomic E-state index is -0.512. The molecular formula is C81H73N19O12. The van der Waals surface area contributed by atoms with Crippen molar-refractivity contribution in [2.75, 3.05) is 86.8 Å². The zero-order chi connectivity index (χ0) is 78.0. The lowest BCUT2D eigenvalue weighted by Gasteiger charge is -2.19. The number of fused-ring (bicyclic) bond motifs is 7. The number of anilines is 5. The molecule has 7 aromatic carbocycles. The number of aliphatic hydroxyl groups is 2. The van der Waals surface area contributed by atoms with Gasteiger partial charge in [0, 0.05) is 98.8 Å². The van der Waals surface area contributed by atoms with E-state index in [1.807, 2.05) is 200 Å². The van der Waals surface area contributed by atoms with Gasteiger partial charge in [0.05, 0.1) is 39.0 Å². The molecule has 31 nitrogen and oxygen atoms in total. The van der Waals surface area contributed by atoms with Crippen LogP contribution in [0.15, 0.2) is 205 Å². The first-order chi connectivity index (χ1) is 54.6. The van der Waals surface area contributed by atoms with Crippen molar-refractivity contribution in [1.82, 2.24) is 55.2 Å². The summed E-state index contributed by atoms with van der Waals surface area (Å²) in [7, 11) is 5.71. The number of carbonyl (C=O) groups is 2. The number of alkyl carbamates (subject to hydrolysis) is 1. The van der Waals surface area contributed by atoms with E-state index in [4.69, 9.17) is 70.3 Å². The summed E-state index contributed by atoms with van der Waals surface area (Å²) in [6.45, 7) is 11.1. The lowest BCUT2D eigenvalue weighted by Crippen LogP contribution is -2.28. The number of aromatic amines is 2. The first-order valence-electron chi connectivity index (χ1n) is 34.9. The fourth-order valence-electron chi connectivity index (χ4n) is 11.4. The van der Waals surface area contributed by atoms with Crippen molar-refractivity contribution in [2.45, 2.75) is 26.3 Å². The first kappa shape index (κ1) is 75.3. The summed E-state index contributed by atoms with van der Waals surface area (Å²) in [5, 5.41) is 32.9. The van der Waals surface area contributed by atoms with Crippen LogP contribution >= 0.6 is 0 Å². The highest BCUT2D eigenvalue weighted by molar-refractivity contribution is 5.93. The predicted molar refractivity (Wildman–Crippen MR) is 424 cm³/mol. The molecule has 16 rings (SSSR count). The van der Waals surface area contributed by atoms with Crippen molar-refractivity contribution in [1.29, 1.82) is 5.26 Å². The molecule has 1 amide bonds. The van der Waals surface area contributed by atoms with Gasteiger partial charge in [-0.2, -0.15) is 25.2 Å². The number of allylic oxidation sites excluding steroid dienone is 1. The maximum absolute atomic E-state index is 12.4. The third-order valence-electron chi connectivity index (χ3n) is 17.4. The maximum atomic E-state index is 12.4. The number of aliphatic hydroxyl groups excluding tert-OH is 2. The van der Waals surface area contributed by atoms with Gasteiger partial charge >= 0.3 is 6.09 Å². The standard InChI is InChI=1S/C35H29N9O5.C21H17N3O3.C13H14N6O.C12H13NO3/c1-37-27(32-41-26-5-3-4-6-29(26)49-32)17-25-16-23-15-24(11-12-28(23)48-25)44(2)13-14-46-35(45)38-18-21-7-9-22(10-8-21)19-47-33-30-31(40-20-39-30)42-34(36)43-33;1-24(8-9-25)16-7-6-14-10-17(26-20(14)12-16)11-15(13-22)21-23-18-4-2-3-5-19(18)27-21;14-5-8-1-3-9(4-2-8)6-20-12-10-11(17-7-16-10)18-13(15)19-12;1-13(4-5-14)10-3-2-9-6-11(8-15)16-12(9)7-10/h3-12,15-17,20H,13-14,18-19H2,2H3,(H,38,45)(H3,36,39,40,42,43);2-7,10-12,25H,8-9H2,1H3;1-4,7H,5-6,14H2,(H3,15,16,17,18,19);2-3,6-8,14H,4-5H2,1H3/b27-17-;15-11+;;. The fraction of sp³-hybridized carbons (Fsp3) is 0.160. The molecule has 0 fully saturated rings. The van der Waals surface area contributed by atoms with Gasteiger partial charge < -0.3 is 93.7 Å². The fourth-order valence-corrected chi connectivity index (χ4v) is 11.4. The van der Waals surface area contributed by atoms with Crippen LogP contribution in [0.25, 0.3) is 106 Å². The number of rotatable bonds is 24. The van der Waals surface area contributed by atoms with Gasteiger partial charge in [0.1, 0.15) is 81.8 Å². The number of nitriles is 1. The van der Waals surface area contributed by atoms with Crippen LogP contribution in [0.3, 0.4) is 0 Å².